The smallest absolute Gasteiger partial charge is 0.269 e. The SMILES string of the molecule is Cc1nc2c(c(=O)[nH]1)CC[C@@H]1CN(C(=O)CN3C(=O)c4ccccc4S3(=O)=O)C[C@H]21. The number of aryl methyl sites for hydroxylation is 1. The minimum atomic E-state index is -4.03. The van der Waals surface area contributed by atoms with E-state index in [9.17, 15) is 22.8 Å². The maximum absolute atomic E-state index is 13.0. The van der Waals surface area contributed by atoms with E-state index >= 15 is 0 Å². The van der Waals surface area contributed by atoms with Gasteiger partial charge in [0.05, 0.1) is 11.3 Å². The molecule has 1 fully saturated rings. The Kier molecular flexibility index (Phi) is 4.11. The molecule has 10 heteroatoms. The van der Waals surface area contributed by atoms with Gasteiger partial charge in [0.2, 0.25) is 5.91 Å². The van der Waals surface area contributed by atoms with Crippen molar-refractivity contribution in [2.24, 2.45) is 5.92 Å². The van der Waals surface area contributed by atoms with E-state index in [0.29, 0.717) is 35.2 Å². The highest BCUT2D eigenvalue weighted by molar-refractivity contribution is 7.90. The van der Waals surface area contributed by atoms with Gasteiger partial charge >= 0.3 is 0 Å². The summed E-state index contributed by atoms with van der Waals surface area (Å²) in [6.45, 7) is 2.03. The normalized spacial score (nSPS) is 23.8. The molecule has 1 aromatic carbocycles. The van der Waals surface area contributed by atoms with Gasteiger partial charge in [0.15, 0.2) is 0 Å². The molecular weight excluding hydrogens is 408 g/mol. The zero-order valence-corrected chi connectivity index (χ0v) is 17.1. The van der Waals surface area contributed by atoms with Gasteiger partial charge in [-0.25, -0.2) is 17.7 Å². The Morgan fingerprint density at radius 3 is 2.77 bits per heavy atom. The Hall–Kier alpha value is -3.01. The van der Waals surface area contributed by atoms with Gasteiger partial charge in [-0.15, -0.1) is 0 Å². The summed E-state index contributed by atoms with van der Waals surface area (Å²) in [6.07, 6.45) is 1.37. The molecule has 0 saturated carbocycles. The second-order valence-corrected chi connectivity index (χ2v) is 9.86. The Bertz CT molecular complexity index is 1250. The second-order valence-electron chi connectivity index (χ2n) is 8.03. The largest absolute Gasteiger partial charge is 0.340 e. The third-order valence-corrected chi connectivity index (χ3v) is 8.05. The topological polar surface area (TPSA) is 121 Å². The molecule has 2 aliphatic heterocycles. The first-order chi connectivity index (χ1) is 14.3. The number of hydrogen-bond acceptors (Lipinski definition) is 6. The van der Waals surface area contributed by atoms with E-state index < -0.39 is 28.4 Å². The number of likely N-dealkylation sites (tertiary alicyclic amines) is 1. The standard InChI is InChI=1S/C20H20N4O5S/c1-11-21-18-14(19(26)22-11)7-6-12-8-23(9-15(12)18)17(25)10-24-20(27)13-4-2-3-5-16(13)30(24,28)29/h2-5,12,15H,6-10H2,1H3,(H,21,22,26)/t12-,15+/m1/s1. The lowest BCUT2D eigenvalue weighted by atomic mass is 9.80. The number of hydrogen-bond donors (Lipinski definition) is 1. The number of fused-ring (bicyclic) bond motifs is 4. The first-order valence-corrected chi connectivity index (χ1v) is 11.2. The summed E-state index contributed by atoms with van der Waals surface area (Å²) in [5.41, 5.74) is 1.37. The second kappa shape index (κ2) is 6.49. The number of carbonyl (C=O) groups excluding carboxylic acids is 2. The van der Waals surface area contributed by atoms with E-state index in [-0.39, 0.29) is 27.9 Å². The van der Waals surface area contributed by atoms with Crippen LogP contribution < -0.4 is 5.56 Å². The molecule has 1 aromatic heterocycles. The van der Waals surface area contributed by atoms with Crippen molar-refractivity contribution < 1.29 is 18.0 Å². The van der Waals surface area contributed by atoms with Gasteiger partial charge in [0, 0.05) is 24.6 Å². The molecule has 9 nitrogen and oxygen atoms in total. The predicted molar refractivity (Wildman–Crippen MR) is 105 cm³/mol. The molecule has 2 aromatic rings. The molecule has 0 bridgehead atoms. The van der Waals surface area contributed by atoms with Gasteiger partial charge in [-0.1, -0.05) is 12.1 Å². The summed E-state index contributed by atoms with van der Waals surface area (Å²) in [6, 6.07) is 5.97. The quantitative estimate of drug-likeness (QED) is 0.740. The summed E-state index contributed by atoms with van der Waals surface area (Å²) in [5.74, 6) is -0.447. The van der Waals surface area contributed by atoms with E-state index in [1.807, 2.05) is 0 Å². The molecule has 0 unspecified atom stereocenters. The lowest BCUT2D eigenvalue weighted by molar-refractivity contribution is -0.130. The van der Waals surface area contributed by atoms with Crippen molar-refractivity contribution in [1.82, 2.24) is 19.2 Å². The highest BCUT2D eigenvalue weighted by Crippen LogP contribution is 2.39. The van der Waals surface area contributed by atoms with Crippen molar-refractivity contribution in [3.05, 3.63) is 57.3 Å². The van der Waals surface area contributed by atoms with Crippen molar-refractivity contribution in [3.63, 3.8) is 0 Å². The fourth-order valence-corrected chi connectivity index (χ4v) is 6.32. The van der Waals surface area contributed by atoms with Crippen LogP contribution in [-0.4, -0.2) is 59.0 Å². The van der Waals surface area contributed by atoms with E-state index in [0.717, 1.165) is 12.1 Å². The minimum absolute atomic E-state index is 0.0539. The first kappa shape index (κ1) is 19.0. The maximum Gasteiger partial charge on any atom is 0.269 e. The summed E-state index contributed by atoms with van der Waals surface area (Å²) in [4.78, 5) is 46.6. The molecule has 0 radical (unpaired) electrons. The van der Waals surface area contributed by atoms with E-state index in [1.165, 1.54) is 12.1 Å². The van der Waals surface area contributed by atoms with Gasteiger partial charge in [-0.3, -0.25) is 14.4 Å². The summed E-state index contributed by atoms with van der Waals surface area (Å²) in [5, 5.41) is 0. The van der Waals surface area contributed by atoms with Crippen molar-refractivity contribution in [2.75, 3.05) is 19.6 Å². The van der Waals surface area contributed by atoms with Gasteiger partial charge in [-0.05, 0) is 37.8 Å². The van der Waals surface area contributed by atoms with Gasteiger partial charge < -0.3 is 9.88 Å². The molecule has 5 rings (SSSR count). The number of amides is 2. The van der Waals surface area contributed by atoms with E-state index in [4.69, 9.17) is 0 Å². The molecule has 30 heavy (non-hydrogen) atoms. The van der Waals surface area contributed by atoms with Crippen LogP contribution in [0.3, 0.4) is 0 Å². The average molecular weight is 428 g/mol. The lowest BCUT2D eigenvalue weighted by Crippen LogP contribution is -2.42. The first-order valence-electron chi connectivity index (χ1n) is 9.81. The number of rotatable bonds is 2. The Labute approximate surface area is 172 Å². The zero-order valence-electron chi connectivity index (χ0n) is 16.3. The number of aromatic nitrogens is 2. The third-order valence-electron chi connectivity index (χ3n) is 6.27. The number of aromatic amines is 1. The Balaban J connectivity index is 1.38. The number of nitrogens with one attached hydrogen (secondary N) is 1. The van der Waals surface area contributed by atoms with Crippen molar-refractivity contribution >= 4 is 21.8 Å². The molecule has 1 N–H and O–H groups in total. The van der Waals surface area contributed by atoms with Crippen molar-refractivity contribution in [2.45, 2.75) is 30.6 Å². The Morgan fingerprint density at radius 1 is 1.23 bits per heavy atom. The lowest BCUT2D eigenvalue weighted by Gasteiger charge is -2.25. The molecular formula is C20H20N4O5S. The molecule has 1 saturated heterocycles. The van der Waals surface area contributed by atoms with Crippen LogP contribution in [-0.2, 0) is 21.2 Å². The molecule has 0 spiro atoms. The number of nitrogens with zero attached hydrogens (tertiary/aromatic N) is 3. The minimum Gasteiger partial charge on any atom is -0.340 e. The number of carbonyl (C=O) groups is 2. The van der Waals surface area contributed by atoms with Gasteiger partial charge in [0.1, 0.15) is 17.3 Å². The Morgan fingerprint density at radius 2 is 2.00 bits per heavy atom. The summed E-state index contributed by atoms with van der Waals surface area (Å²) < 4.78 is 26.1. The molecule has 1 aliphatic carbocycles. The maximum atomic E-state index is 13.0. The summed E-state index contributed by atoms with van der Waals surface area (Å²) in [7, 11) is -4.03. The number of H-pyrrole nitrogens is 1. The fraction of sp³-hybridized carbons (Fsp3) is 0.400. The van der Waals surface area contributed by atoms with Crippen LogP contribution in [0.1, 0.15) is 39.8 Å². The molecule has 2 atom stereocenters. The average Bonchev–Trinajstić information content (AvgIpc) is 3.22. The highest BCUT2D eigenvalue weighted by Gasteiger charge is 2.45. The fourth-order valence-electron chi connectivity index (χ4n) is 4.80. The van der Waals surface area contributed by atoms with E-state index in [2.05, 4.69) is 9.97 Å². The monoisotopic (exact) mass is 428 g/mol. The molecule has 156 valence electrons. The van der Waals surface area contributed by atoms with Gasteiger partial charge in [0.25, 0.3) is 21.5 Å². The molecule has 3 aliphatic rings. The van der Waals surface area contributed by atoms with Crippen LogP contribution in [0, 0.1) is 12.8 Å². The zero-order chi connectivity index (χ0) is 21.2. The predicted octanol–water partition coefficient (Wildman–Crippen LogP) is 0.411. The van der Waals surface area contributed by atoms with Crippen molar-refractivity contribution in [1.29, 1.82) is 0 Å². The van der Waals surface area contributed by atoms with Crippen LogP contribution in [0.15, 0.2) is 34.0 Å². The van der Waals surface area contributed by atoms with Crippen molar-refractivity contribution in [3.8, 4) is 0 Å². The molecule has 3 heterocycles. The van der Waals surface area contributed by atoms with E-state index in [1.54, 1.807) is 24.0 Å². The summed E-state index contributed by atoms with van der Waals surface area (Å²) >= 11 is 0. The highest BCUT2D eigenvalue weighted by atomic mass is 32.2. The van der Waals surface area contributed by atoms with Crippen LogP contribution in [0.4, 0.5) is 0 Å². The van der Waals surface area contributed by atoms with Crippen LogP contribution in [0.25, 0.3) is 0 Å². The third kappa shape index (κ3) is 2.70. The van der Waals surface area contributed by atoms with Crippen LogP contribution in [0.5, 0.6) is 0 Å². The van der Waals surface area contributed by atoms with Gasteiger partial charge in [-0.2, -0.15) is 0 Å². The molecule has 2 amide bonds. The number of benzene rings is 1. The van der Waals surface area contributed by atoms with Crippen LogP contribution >= 0.6 is 0 Å². The number of sulfonamides is 1. The van der Waals surface area contributed by atoms with Crippen LogP contribution in [0.2, 0.25) is 0 Å².